The number of ether oxygens (including phenoxy) is 1. The Bertz CT molecular complexity index is 792. The van der Waals surface area contributed by atoms with Gasteiger partial charge >= 0.3 is 5.97 Å². The fourth-order valence-corrected chi connectivity index (χ4v) is 2.70. The molecule has 128 valence electrons. The number of carbonyl (C=O) groups excluding carboxylic acids is 1. The van der Waals surface area contributed by atoms with E-state index in [1.54, 1.807) is 13.1 Å². The van der Waals surface area contributed by atoms with E-state index in [2.05, 4.69) is 10.3 Å². The Labute approximate surface area is 145 Å². The minimum atomic E-state index is -1.46. The first-order valence-corrected chi connectivity index (χ1v) is 8.04. The molecule has 0 bridgehead atoms. The molecule has 0 spiro atoms. The molecule has 0 aliphatic heterocycles. The van der Waals surface area contributed by atoms with Gasteiger partial charge in [-0.2, -0.15) is 0 Å². The van der Waals surface area contributed by atoms with Crippen molar-refractivity contribution in [3.63, 3.8) is 0 Å². The molecule has 0 unspecified atom stereocenters. The molecule has 6 nitrogen and oxygen atoms in total. The Hall–Kier alpha value is -2.99. The lowest BCUT2D eigenvalue weighted by Crippen LogP contribution is -2.29. The van der Waals surface area contributed by atoms with Crippen LogP contribution in [0.15, 0.2) is 66.9 Å². The molecule has 0 amide bonds. The van der Waals surface area contributed by atoms with E-state index in [9.17, 15) is 9.90 Å². The molecule has 25 heavy (non-hydrogen) atoms. The molecule has 3 aromatic rings. The van der Waals surface area contributed by atoms with Crippen molar-refractivity contribution in [3.8, 4) is 0 Å². The predicted molar refractivity (Wildman–Crippen MR) is 91.6 cm³/mol. The summed E-state index contributed by atoms with van der Waals surface area (Å²) >= 11 is 0. The third-order valence-corrected chi connectivity index (χ3v) is 3.89. The first kappa shape index (κ1) is 16.9. The maximum absolute atomic E-state index is 11.6. The maximum atomic E-state index is 11.6. The van der Waals surface area contributed by atoms with Crippen LogP contribution in [0.25, 0.3) is 0 Å². The third-order valence-electron chi connectivity index (χ3n) is 3.89. The number of hydrogen-bond acceptors (Lipinski definition) is 5. The van der Waals surface area contributed by atoms with Crippen LogP contribution < -0.4 is 0 Å². The van der Waals surface area contributed by atoms with Crippen molar-refractivity contribution in [2.45, 2.75) is 19.1 Å². The molecule has 0 aliphatic rings. The molecule has 1 N–H and O–H groups in total. The van der Waals surface area contributed by atoms with Gasteiger partial charge < -0.3 is 9.84 Å². The zero-order valence-corrected chi connectivity index (χ0v) is 13.9. The molecule has 0 aliphatic carbocycles. The lowest BCUT2D eigenvalue weighted by atomic mass is 9.84. The number of aliphatic hydroxyl groups is 1. The van der Waals surface area contributed by atoms with E-state index < -0.39 is 11.6 Å². The average molecular weight is 337 g/mol. The molecule has 2 aromatic carbocycles. The van der Waals surface area contributed by atoms with E-state index >= 15 is 0 Å². The summed E-state index contributed by atoms with van der Waals surface area (Å²) in [6, 6.07) is 18.5. The van der Waals surface area contributed by atoms with Crippen LogP contribution in [-0.2, 0) is 21.7 Å². The van der Waals surface area contributed by atoms with E-state index in [1.165, 1.54) is 4.68 Å². The van der Waals surface area contributed by atoms with Crippen LogP contribution >= 0.6 is 0 Å². The summed E-state index contributed by atoms with van der Waals surface area (Å²) in [7, 11) is 0. The number of nitrogens with zero attached hydrogens (tertiary/aromatic N) is 3. The zero-order valence-electron chi connectivity index (χ0n) is 13.9. The van der Waals surface area contributed by atoms with Gasteiger partial charge in [0.2, 0.25) is 0 Å². The van der Waals surface area contributed by atoms with Crippen molar-refractivity contribution >= 4 is 5.97 Å². The highest BCUT2D eigenvalue weighted by Gasteiger charge is 2.36. The van der Waals surface area contributed by atoms with Gasteiger partial charge in [-0.1, -0.05) is 65.9 Å². The number of benzene rings is 2. The quantitative estimate of drug-likeness (QED) is 0.697. The van der Waals surface area contributed by atoms with Gasteiger partial charge in [0.25, 0.3) is 0 Å². The molecule has 3 rings (SSSR count). The fraction of sp³-hybridized carbons (Fsp3) is 0.211. The monoisotopic (exact) mass is 337 g/mol. The molecular formula is C19H19N3O3. The van der Waals surface area contributed by atoms with Crippen LogP contribution in [0.3, 0.4) is 0 Å². The molecule has 0 saturated heterocycles. The summed E-state index contributed by atoms with van der Waals surface area (Å²) in [5.41, 5.74) is 0.220. The van der Waals surface area contributed by atoms with Crippen LogP contribution in [0.2, 0.25) is 0 Å². The van der Waals surface area contributed by atoms with Gasteiger partial charge in [0.15, 0.2) is 5.60 Å². The van der Waals surface area contributed by atoms with Gasteiger partial charge in [0.05, 0.1) is 12.8 Å². The summed E-state index contributed by atoms with van der Waals surface area (Å²) in [4.78, 5) is 11.6. The van der Waals surface area contributed by atoms with Crippen molar-refractivity contribution in [1.82, 2.24) is 15.0 Å². The largest absolute Gasteiger partial charge is 0.465 e. The van der Waals surface area contributed by atoms with Crippen LogP contribution in [0.1, 0.15) is 23.7 Å². The second kappa shape index (κ2) is 7.27. The number of aromatic nitrogens is 3. The van der Waals surface area contributed by atoms with Crippen LogP contribution in [0, 0.1) is 0 Å². The fourth-order valence-electron chi connectivity index (χ4n) is 2.70. The molecule has 1 heterocycles. The van der Waals surface area contributed by atoms with Gasteiger partial charge in [-0.15, -0.1) is 5.10 Å². The van der Waals surface area contributed by atoms with Crippen LogP contribution in [-0.4, -0.2) is 32.7 Å². The van der Waals surface area contributed by atoms with Crippen molar-refractivity contribution in [3.05, 3.63) is 83.7 Å². The minimum absolute atomic E-state index is 0.0551. The highest BCUT2D eigenvalue weighted by Crippen LogP contribution is 2.35. The maximum Gasteiger partial charge on any atom is 0.327 e. The zero-order chi connectivity index (χ0) is 17.7. The average Bonchev–Trinajstić information content (AvgIpc) is 3.11. The van der Waals surface area contributed by atoms with E-state index in [-0.39, 0.29) is 6.54 Å². The molecule has 0 fully saturated rings. The normalized spacial score (nSPS) is 11.3. The van der Waals surface area contributed by atoms with E-state index in [4.69, 9.17) is 4.74 Å². The predicted octanol–water partition coefficient (Wildman–Crippen LogP) is 2.13. The van der Waals surface area contributed by atoms with Crippen molar-refractivity contribution in [2.24, 2.45) is 0 Å². The third kappa shape index (κ3) is 3.44. The lowest BCUT2D eigenvalue weighted by Gasteiger charge is -2.27. The smallest absolute Gasteiger partial charge is 0.327 e. The first-order chi connectivity index (χ1) is 12.1. The van der Waals surface area contributed by atoms with Crippen molar-refractivity contribution in [2.75, 3.05) is 6.61 Å². The van der Waals surface area contributed by atoms with Crippen LogP contribution in [0.5, 0.6) is 0 Å². The van der Waals surface area contributed by atoms with Gasteiger partial charge in [-0.3, -0.25) is 4.79 Å². The summed E-state index contributed by atoms with van der Waals surface area (Å²) in [6.45, 7) is 1.99. The lowest BCUT2D eigenvalue weighted by molar-refractivity contribution is -0.144. The summed E-state index contributed by atoms with van der Waals surface area (Å²) in [5, 5.41) is 19.6. The second-order valence-electron chi connectivity index (χ2n) is 5.55. The van der Waals surface area contributed by atoms with Crippen LogP contribution in [0.4, 0.5) is 0 Å². The van der Waals surface area contributed by atoms with Crippen molar-refractivity contribution in [1.29, 1.82) is 0 Å². The Morgan fingerprint density at radius 2 is 1.64 bits per heavy atom. The van der Waals surface area contributed by atoms with Gasteiger partial charge in [-0.25, -0.2) is 4.68 Å². The summed E-state index contributed by atoms with van der Waals surface area (Å²) in [5.74, 6) is -0.401. The standard InChI is InChI=1S/C19H19N3O3/c1-2-25-18(23)14-22-13-17(20-21-22)19(24,15-9-5-3-6-10-15)16-11-7-4-8-12-16/h3-13,24H,2,14H2,1H3. The molecule has 0 radical (unpaired) electrons. The van der Waals surface area contributed by atoms with Crippen molar-refractivity contribution < 1.29 is 14.6 Å². The highest BCUT2D eigenvalue weighted by atomic mass is 16.5. The number of rotatable bonds is 6. The molecule has 0 saturated carbocycles. The molecular weight excluding hydrogens is 318 g/mol. The van der Waals surface area contributed by atoms with Gasteiger partial charge in [0, 0.05) is 0 Å². The number of esters is 1. The Morgan fingerprint density at radius 3 is 2.16 bits per heavy atom. The Morgan fingerprint density at radius 1 is 1.08 bits per heavy atom. The number of carbonyl (C=O) groups is 1. The Kier molecular flexibility index (Phi) is 4.90. The summed E-state index contributed by atoms with van der Waals surface area (Å²) in [6.07, 6.45) is 1.57. The minimum Gasteiger partial charge on any atom is -0.465 e. The molecule has 0 atom stereocenters. The summed E-state index contributed by atoms with van der Waals surface area (Å²) < 4.78 is 6.29. The SMILES string of the molecule is CCOC(=O)Cn1cc(C(O)(c2ccccc2)c2ccccc2)nn1. The van der Waals surface area contributed by atoms with E-state index in [1.807, 2.05) is 60.7 Å². The Balaban J connectivity index is 2.02. The van der Waals surface area contributed by atoms with Gasteiger partial charge in [-0.05, 0) is 18.1 Å². The van der Waals surface area contributed by atoms with E-state index in [0.29, 0.717) is 23.4 Å². The second-order valence-corrected chi connectivity index (χ2v) is 5.55. The molecule has 6 heteroatoms. The number of hydrogen-bond donors (Lipinski definition) is 1. The highest BCUT2D eigenvalue weighted by molar-refractivity contribution is 5.69. The topological polar surface area (TPSA) is 77.2 Å². The van der Waals surface area contributed by atoms with E-state index in [0.717, 1.165) is 0 Å². The first-order valence-electron chi connectivity index (χ1n) is 8.04. The molecule has 1 aromatic heterocycles. The van der Waals surface area contributed by atoms with Gasteiger partial charge in [0.1, 0.15) is 12.2 Å².